The molecule has 0 atom stereocenters. The van der Waals surface area contributed by atoms with E-state index in [0.29, 0.717) is 42.6 Å². The number of hydrogen-bond acceptors (Lipinski definition) is 7. The molecule has 31 heavy (non-hydrogen) atoms. The fourth-order valence-electron chi connectivity index (χ4n) is 2.99. The summed E-state index contributed by atoms with van der Waals surface area (Å²) in [5.41, 5.74) is 1.37. The second-order valence-electron chi connectivity index (χ2n) is 7.25. The molecule has 0 bridgehead atoms. The van der Waals surface area contributed by atoms with Crippen LogP contribution in [0.4, 0.5) is 0 Å². The summed E-state index contributed by atoms with van der Waals surface area (Å²) in [5, 5.41) is 0. The molecule has 3 rings (SSSR count). The molecule has 2 aromatic rings. The fraction of sp³-hybridized carbons (Fsp3) is 0.333. The van der Waals surface area contributed by atoms with E-state index in [1.807, 2.05) is 32.0 Å². The van der Waals surface area contributed by atoms with Gasteiger partial charge in [0.25, 0.3) is 5.79 Å². The molecule has 7 heteroatoms. The second kappa shape index (κ2) is 9.55. The topological polar surface area (TPSA) is 80.3 Å². The predicted octanol–water partition coefficient (Wildman–Crippen LogP) is 4.28. The summed E-state index contributed by atoms with van der Waals surface area (Å²) in [6.45, 7) is 8.24. The molecule has 1 aliphatic heterocycles. The van der Waals surface area contributed by atoms with Gasteiger partial charge in [0.2, 0.25) is 0 Å². The minimum absolute atomic E-state index is 0.163. The van der Waals surface area contributed by atoms with Crippen molar-refractivity contribution in [3.8, 4) is 17.2 Å². The smallest absolute Gasteiger partial charge is 0.348 e. The summed E-state index contributed by atoms with van der Waals surface area (Å²) in [5.74, 6) is -0.763. The average molecular weight is 426 g/mol. The highest BCUT2D eigenvalue weighted by atomic mass is 16.7. The lowest BCUT2D eigenvalue weighted by molar-refractivity contribution is -0.222. The monoisotopic (exact) mass is 426 g/mol. The normalized spacial score (nSPS) is 15.0. The molecule has 1 aliphatic rings. The lowest BCUT2D eigenvalue weighted by Gasteiger charge is -2.29. The molecule has 0 aliphatic carbocycles. The molecule has 0 amide bonds. The average Bonchev–Trinajstić information content (AvgIpc) is 2.71. The zero-order chi connectivity index (χ0) is 22.4. The third-order valence-electron chi connectivity index (χ3n) is 4.30. The summed E-state index contributed by atoms with van der Waals surface area (Å²) < 4.78 is 27.3. The van der Waals surface area contributed by atoms with Crippen LogP contribution in [-0.4, -0.2) is 30.9 Å². The highest BCUT2D eigenvalue weighted by Crippen LogP contribution is 2.29. The molecule has 0 unspecified atom stereocenters. The van der Waals surface area contributed by atoms with Crippen molar-refractivity contribution >= 4 is 18.0 Å². The van der Waals surface area contributed by atoms with Gasteiger partial charge in [0, 0.05) is 13.8 Å². The number of carbonyl (C=O) groups is 2. The summed E-state index contributed by atoms with van der Waals surface area (Å²) in [6, 6.07) is 12.7. The lowest BCUT2D eigenvalue weighted by atomic mass is 10.1. The molecular weight excluding hydrogens is 400 g/mol. The van der Waals surface area contributed by atoms with Crippen molar-refractivity contribution in [2.24, 2.45) is 0 Å². The Morgan fingerprint density at radius 3 is 2.23 bits per heavy atom. The van der Waals surface area contributed by atoms with Gasteiger partial charge < -0.3 is 23.7 Å². The number of cyclic esters (lactones) is 2. The molecule has 0 aromatic heterocycles. The van der Waals surface area contributed by atoms with Crippen LogP contribution in [-0.2, 0) is 25.7 Å². The molecule has 2 aromatic carbocycles. The molecule has 0 saturated carbocycles. The Bertz CT molecular complexity index is 969. The molecule has 164 valence electrons. The maximum Gasteiger partial charge on any atom is 0.348 e. The number of ether oxygens (including phenoxy) is 5. The zero-order valence-corrected chi connectivity index (χ0v) is 18.1. The molecule has 1 fully saturated rings. The van der Waals surface area contributed by atoms with Crippen molar-refractivity contribution in [3.63, 3.8) is 0 Å². The maximum atomic E-state index is 12.1. The molecule has 7 nitrogen and oxygen atoms in total. The molecule has 0 N–H and O–H groups in total. The van der Waals surface area contributed by atoms with E-state index in [9.17, 15) is 9.59 Å². The van der Waals surface area contributed by atoms with E-state index in [4.69, 9.17) is 23.7 Å². The zero-order valence-electron chi connectivity index (χ0n) is 18.1. The Balaban J connectivity index is 1.72. The quantitative estimate of drug-likeness (QED) is 0.354. The SMILES string of the molecule is CCOc1ccc(COc2cccc(C=C3C(=O)OC(C)(C)OC3=O)c2)cc1OCC. The number of esters is 2. The van der Waals surface area contributed by atoms with E-state index >= 15 is 0 Å². The first-order valence-electron chi connectivity index (χ1n) is 10.1. The standard InChI is InChI=1S/C24H26O7/c1-5-27-20-11-10-17(14-21(20)28-6-2)15-29-18-9-7-8-16(12-18)13-19-22(25)30-24(3,4)31-23(19)26/h7-14H,5-6,15H2,1-4H3. The summed E-state index contributed by atoms with van der Waals surface area (Å²) in [6.07, 6.45) is 1.43. The Morgan fingerprint density at radius 1 is 0.871 bits per heavy atom. The summed E-state index contributed by atoms with van der Waals surface area (Å²) in [7, 11) is 0. The maximum absolute atomic E-state index is 12.1. The van der Waals surface area contributed by atoms with Gasteiger partial charge in [-0.05, 0) is 55.3 Å². The van der Waals surface area contributed by atoms with Gasteiger partial charge in [-0.25, -0.2) is 9.59 Å². The molecule has 0 radical (unpaired) electrons. The van der Waals surface area contributed by atoms with Crippen LogP contribution < -0.4 is 14.2 Å². The lowest BCUT2D eigenvalue weighted by Crippen LogP contribution is -2.41. The number of carbonyl (C=O) groups excluding carboxylic acids is 2. The van der Waals surface area contributed by atoms with Gasteiger partial charge in [0.05, 0.1) is 13.2 Å². The minimum atomic E-state index is -1.27. The van der Waals surface area contributed by atoms with Crippen LogP contribution in [0.3, 0.4) is 0 Å². The fourth-order valence-corrected chi connectivity index (χ4v) is 2.99. The van der Waals surface area contributed by atoms with Crippen LogP contribution in [0, 0.1) is 0 Å². The van der Waals surface area contributed by atoms with Crippen LogP contribution in [0.25, 0.3) is 6.08 Å². The van der Waals surface area contributed by atoms with Gasteiger partial charge in [-0.15, -0.1) is 0 Å². The third kappa shape index (κ3) is 5.78. The first kappa shape index (κ1) is 22.2. The molecule has 1 heterocycles. The van der Waals surface area contributed by atoms with E-state index in [1.54, 1.807) is 24.3 Å². The first-order valence-corrected chi connectivity index (χ1v) is 10.1. The van der Waals surface area contributed by atoms with Crippen molar-refractivity contribution in [3.05, 3.63) is 59.2 Å². The van der Waals surface area contributed by atoms with Gasteiger partial charge in [-0.1, -0.05) is 18.2 Å². The Morgan fingerprint density at radius 2 is 1.55 bits per heavy atom. The van der Waals surface area contributed by atoms with Gasteiger partial charge in [-0.3, -0.25) is 0 Å². The largest absolute Gasteiger partial charge is 0.490 e. The highest BCUT2D eigenvalue weighted by molar-refractivity contribution is 6.18. The van der Waals surface area contributed by atoms with Crippen LogP contribution in [0.5, 0.6) is 17.2 Å². The summed E-state index contributed by atoms with van der Waals surface area (Å²) in [4.78, 5) is 24.3. The number of rotatable bonds is 8. The molecule has 1 saturated heterocycles. The first-order chi connectivity index (χ1) is 14.8. The highest BCUT2D eigenvalue weighted by Gasteiger charge is 2.38. The van der Waals surface area contributed by atoms with Crippen LogP contribution in [0.1, 0.15) is 38.8 Å². The van der Waals surface area contributed by atoms with E-state index in [0.717, 1.165) is 5.56 Å². The minimum Gasteiger partial charge on any atom is -0.490 e. The van der Waals surface area contributed by atoms with Gasteiger partial charge in [0.1, 0.15) is 17.9 Å². The van der Waals surface area contributed by atoms with Crippen molar-refractivity contribution in [2.75, 3.05) is 13.2 Å². The van der Waals surface area contributed by atoms with Crippen molar-refractivity contribution < 1.29 is 33.3 Å². The molecule has 0 spiro atoms. The number of benzene rings is 2. The molecular formula is C24H26O7. The Labute approximate surface area is 181 Å². The van der Waals surface area contributed by atoms with Crippen molar-refractivity contribution in [2.45, 2.75) is 40.1 Å². The van der Waals surface area contributed by atoms with Gasteiger partial charge in [-0.2, -0.15) is 0 Å². The Hall–Kier alpha value is -3.48. The third-order valence-corrected chi connectivity index (χ3v) is 4.30. The van der Waals surface area contributed by atoms with E-state index in [-0.39, 0.29) is 5.57 Å². The Kier molecular flexibility index (Phi) is 6.84. The summed E-state index contributed by atoms with van der Waals surface area (Å²) >= 11 is 0. The van der Waals surface area contributed by atoms with Crippen LogP contribution in [0.15, 0.2) is 48.0 Å². The van der Waals surface area contributed by atoms with E-state index in [2.05, 4.69) is 0 Å². The predicted molar refractivity (Wildman–Crippen MR) is 114 cm³/mol. The number of hydrogen-bond donors (Lipinski definition) is 0. The van der Waals surface area contributed by atoms with Crippen LogP contribution in [0.2, 0.25) is 0 Å². The van der Waals surface area contributed by atoms with E-state index < -0.39 is 17.7 Å². The van der Waals surface area contributed by atoms with Gasteiger partial charge in [0.15, 0.2) is 11.5 Å². The van der Waals surface area contributed by atoms with E-state index in [1.165, 1.54) is 19.9 Å². The van der Waals surface area contributed by atoms with Crippen LogP contribution >= 0.6 is 0 Å². The van der Waals surface area contributed by atoms with Crippen molar-refractivity contribution in [1.82, 2.24) is 0 Å². The van der Waals surface area contributed by atoms with Gasteiger partial charge >= 0.3 is 11.9 Å². The second-order valence-corrected chi connectivity index (χ2v) is 7.25. The van der Waals surface area contributed by atoms with Crippen molar-refractivity contribution in [1.29, 1.82) is 0 Å².